The second kappa shape index (κ2) is 11.3. The van der Waals surface area contributed by atoms with Crippen LogP contribution in [0.4, 0.5) is 11.4 Å². The molecule has 0 spiro atoms. The van der Waals surface area contributed by atoms with Crippen LogP contribution in [0, 0.1) is 0 Å². The fourth-order valence-corrected chi connectivity index (χ4v) is 6.27. The lowest BCUT2D eigenvalue weighted by atomic mass is 10.1. The Labute approximate surface area is 203 Å². The first-order chi connectivity index (χ1) is 16.5. The maximum atomic E-state index is 13.3. The average Bonchev–Trinajstić information content (AvgIpc) is 3.15. The summed E-state index contributed by atoms with van der Waals surface area (Å²) in [7, 11) is -1.97. The molecule has 2 aromatic rings. The third-order valence-electron chi connectivity index (χ3n) is 6.64. The Balaban J connectivity index is 1.65. The standard InChI is InChI=1S/C26H35N3O4S/c1-33-20-21-9-11-22(12-10-21)26(30)27-24-19-23(34(31,32)29-17-7-4-8-18-29)13-14-25(24)28-15-5-2-3-6-16-28/h9-14,19H,2-8,15-18,20H2,1H3,(H,27,30). The fourth-order valence-electron chi connectivity index (χ4n) is 4.73. The Bertz CT molecular complexity index is 1070. The molecule has 184 valence electrons. The maximum Gasteiger partial charge on any atom is 0.255 e. The third kappa shape index (κ3) is 5.79. The predicted octanol–water partition coefficient (Wildman–Crippen LogP) is 4.64. The summed E-state index contributed by atoms with van der Waals surface area (Å²) >= 11 is 0. The minimum absolute atomic E-state index is 0.235. The zero-order valence-electron chi connectivity index (χ0n) is 20.0. The number of nitrogens with one attached hydrogen (secondary N) is 1. The molecule has 0 aliphatic carbocycles. The lowest BCUT2D eigenvalue weighted by molar-refractivity contribution is 0.102. The van der Waals surface area contributed by atoms with Crippen molar-refractivity contribution in [3.8, 4) is 0 Å². The zero-order valence-corrected chi connectivity index (χ0v) is 20.8. The number of piperidine rings is 1. The highest BCUT2D eigenvalue weighted by molar-refractivity contribution is 7.89. The van der Waals surface area contributed by atoms with Gasteiger partial charge in [-0.2, -0.15) is 4.31 Å². The van der Waals surface area contributed by atoms with Crippen LogP contribution in [-0.2, 0) is 21.4 Å². The summed E-state index contributed by atoms with van der Waals surface area (Å²) in [5, 5.41) is 3.02. The number of rotatable bonds is 7. The molecule has 0 bridgehead atoms. The van der Waals surface area contributed by atoms with E-state index >= 15 is 0 Å². The van der Waals surface area contributed by atoms with Gasteiger partial charge in [-0.05, 0) is 61.6 Å². The van der Waals surface area contributed by atoms with E-state index in [0.29, 0.717) is 30.9 Å². The summed E-state index contributed by atoms with van der Waals surface area (Å²) < 4.78 is 33.4. The highest BCUT2D eigenvalue weighted by atomic mass is 32.2. The summed E-state index contributed by atoms with van der Waals surface area (Å²) in [4.78, 5) is 15.6. The molecule has 2 aliphatic rings. The van der Waals surface area contributed by atoms with E-state index in [0.717, 1.165) is 56.4 Å². The van der Waals surface area contributed by atoms with Crippen LogP contribution in [0.5, 0.6) is 0 Å². The zero-order chi connectivity index (χ0) is 24.0. The van der Waals surface area contributed by atoms with Crippen molar-refractivity contribution in [2.45, 2.75) is 56.4 Å². The summed E-state index contributed by atoms with van der Waals surface area (Å²) in [5.41, 5.74) is 2.93. The Morgan fingerprint density at radius 2 is 1.50 bits per heavy atom. The van der Waals surface area contributed by atoms with Gasteiger partial charge in [0, 0.05) is 38.9 Å². The van der Waals surface area contributed by atoms with Crippen LogP contribution >= 0.6 is 0 Å². The maximum absolute atomic E-state index is 13.3. The van der Waals surface area contributed by atoms with Crippen molar-refractivity contribution in [2.24, 2.45) is 0 Å². The number of amides is 1. The van der Waals surface area contributed by atoms with Crippen molar-refractivity contribution in [3.05, 3.63) is 53.6 Å². The van der Waals surface area contributed by atoms with Gasteiger partial charge < -0.3 is 15.0 Å². The summed E-state index contributed by atoms with van der Waals surface area (Å²) in [5.74, 6) is -0.257. The van der Waals surface area contributed by atoms with Crippen molar-refractivity contribution in [1.29, 1.82) is 0 Å². The number of anilines is 2. The molecule has 0 aromatic heterocycles. The number of methoxy groups -OCH3 is 1. The first kappa shape index (κ1) is 24.7. The van der Waals surface area contributed by atoms with Gasteiger partial charge in [0.2, 0.25) is 10.0 Å². The Morgan fingerprint density at radius 3 is 2.15 bits per heavy atom. The van der Waals surface area contributed by atoms with Gasteiger partial charge in [0.1, 0.15) is 0 Å². The van der Waals surface area contributed by atoms with Gasteiger partial charge >= 0.3 is 0 Å². The Morgan fingerprint density at radius 1 is 0.882 bits per heavy atom. The van der Waals surface area contributed by atoms with E-state index in [-0.39, 0.29) is 10.8 Å². The number of carbonyl (C=O) groups excluding carboxylic acids is 1. The normalized spacial score (nSPS) is 17.9. The topological polar surface area (TPSA) is 78.9 Å². The second-order valence-electron chi connectivity index (χ2n) is 9.13. The molecule has 2 aromatic carbocycles. The summed E-state index contributed by atoms with van der Waals surface area (Å²) in [6, 6.07) is 12.5. The first-order valence-electron chi connectivity index (χ1n) is 12.3. The van der Waals surface area contributed by atoms with Crippen molar-refractivity contribution in [3.63, 3.8) is 0 Å². The van der Waals surface area contributed by atoms with Crippen LogP contribution in [0.1, 0.15) is 60.9 Å². The molecule has 1 amide bonds. The number of hydrogen-bond donors (Lipinski definition) is 1. The van der Waals surface area contributed by atoms with Crippen LogP contribution in [0.2, 0.25) is 0 Å². The third-order valence-corrected chi connectivity index (χ3v) is 8.54. The van der Waals surface area contributed by atoms with Gasteiger partial charge in [-0.25, -0.2) is 8.42 Å². The first-order valence-corrected chi connectivity index (χ1v) is 13.7. The van der Waals surface area contributed by atoms with Gasteiger partial charge in [0.25, 0.3) is 5.91 Å². The summed E-state index contributed by atoms with van der Waals surface area (Å²) in [6.07, 6.45) is 7.37. The Hall–Kier alpha value is -2.42. The lowest BCUT2D eigenvalue weighted by Gasteiger charge is -2.28. The minimum Gasteiger partial charge on any atom is -0.380 e. The average molecular weight is 486 g/mol. The largest absolute Gasteiger partial charge is 0.380 e. The van der Waals surface area contributed by atoms with Gasteiger partial charge in [-0.15, -0.1) is 0 Å². The highest BCUT2D eigenvalue weighted by Gasteiger charge is 2.27. The number of ether oxygens (including phenoxy) is 1. The Kier molecular flexibility index (Phi) is 8.24. The van der Waals surface area contributed by atoms with Crippen molar-refractivity contribution >= 4 is 27.3 Å². The molecule has 8 heteroatoms. The smallest absolute Gasteiger partial charge is 0.255 e. The van der Waals surface area contributed by atoms with E-state index in [4.69, 9.17) is 4.74 Å². The number of nitrogens with zero attached hydrogens (tertiary/aromatic N) is 2. The van der Waals surface area contributed by atoms with E-state index in [1.54, 1.807) is 35.7 Å². The molecule has 0 radical (unpaired) electrons. The number of hydrogen-bond acceptors (Lipinski definition) is 5. The van der Waals surface area contributed by atoms with Crippen LogP contribution in [0.25, 0.3) is 0 Å². The van der Waals surface area contributed by atoms with Crippen LogP contribution in [0.15, 0.2) is 47.4 Å². The van der Waals surface area contributed by atoms with E-state index < -0.39 is 10.0 Å². The van der Waals surface area contributed by atoms with Gasteiger partial charge in [-0.1, -0.05) is 31.4 Å². The molecule has 0 atom stereocenters. The molecule has 4 rings (SSSR count). The summed E-state index contributed by atoms with van der Waals surface area (Å²) in [6.45, 7) is 3.37. The van der Waals surface area contributed by atoms with E-state index in [1.807, 2.05) is 18.2 Å². The quantitative estimate of drug-likeness (QED) is 0.618. The van der Waals surface area contributed by atoms with Gasteiger partial charge in [0.15, 0.2) is 0 Å². The predicted molar refractivity (Wildman–Crippen MR) is 135 cm³/mol. The van der Waals surface area contributed by atoms with Crippen LogP contribution in [-0.4, -0.2) is 51.9 Å². The van der Waals surface area contributed by atoms with Crippen molar-refractivity contribution in [2.75, 3.05) is 43.5 Å². The van der Waals surface area contributed by atoms with Crippen molar-refractivity contribution in [1.82, 2.24) is 4.31 Å². The van der Waals surface area contributed by atoms with Gasteiger partial charge in [-0.3, -0.25) is 4.79 Å². The van der Waals surface area contributed by atoms with Crippen LogP contribution in [0.3, 0.4) is 0 Å². The molecule has 2 aliphatic heterocycles. The monoisotopic (exact) mass is 485 g/mol. The molecule has 0 unspecified atom stereocenters. The molecule has 2 heterocycles. The molecule has 0 saturated carbocycles. The minimum atomic E-state index is -3.60. The van der Waals surface area contributed by atoms with Crippen LogP contribution < -0.4 is 10.2 Å². The number of carbonyl (C=O) groups is 1. The van der Waals surface area contributed by atoms with Gasteiger partial charge in [0.05, 0.1) is 22.9 Å². The van der Waals surface area contributed by atoms with Crippen molar-refractivity contribution < 1.29 is 17.9 Å². The van der Waals surface area contributed by atoms with E-state index in [1.165, 1.54) is 12.8 Å². The lowest BCUT2D eigenvalue weighted by Crippen LogP contribution is -2.35. The highest BCUT2D eigenvalue weighted by Crippen LogP contribution is 2.33. The molecule has 1 N–H and O–H groups in total. The molecular weight excluding hydrogens is 450 g/mol. The number of sulfonamides is 1. The molecule has 34 heavy (non-hydrogen) atoms. The van der Waals surface area contributed by atoms with E-state index in [9.17, 15) is 13.2 Å². The van der Waals surface area contributed by atoms with E-state index in [2.05, 4.69) is 10.2 Å². The molecule has 7 nitrogen and oxygen atoms in total. The molecule has 2 saturated heterocycles. The second-order valence-corrected chi connectivity index (χ2v) is 11.1. The molecular formula is C26H35N3O4S. The molecule has 2 fully saturated rings. The fraction of sp³-hybridized carbons (Fsp3) is 0.500. The number of benzene rings is 2. The SMILES string of the molecule is COCc1ccc(C(=O)Nc2cc(S(=O)(=O)N3CCCCC3)ccc2N2CCCCCC2)cc1.